The summed E-state index contributed by atoms with van der Waals surface area (Å²) in [4.78, 5) is 12.9. The van der Waals surface area contributed by atoms with Gasteiger partial charge in [0.2, 0.25) is 5.95 Å². The molecule has 0 bridgehead atoms. The Morgan fingerprint density at radius 1 is 1.00 bits per heavy atom. The number of nitriles is 1. The molecular formula is C23H21N7. The van der Waals surface area contributed by atoms with E-state index in [0.717, 1.165) is 29.0 Å². The maximum atomic E-state index is 8.91. The lowest BCUT2D eigenvalue weighted by molar-refractivity contribution is 0.796. The second-order valence-corrected chi connectivity index (χ2v) is 7.04. The molecule has 4 aromatic rings. The molecule has 30 heavy (non-hydrogen) atoms. The molecule has 148 valence electrons. The predicted molar refractivity (Wildman–Crippen MR) is 117 cm³/mol. The Balaban J connectivity index is 1.51. The van der Waals surface area contributed by atoms with Gasteiger partial charge in [-0.2, -0.15) is 10.2 Å². The smallest absolute Gasteiger partial charge is 0.229 e. The van der Waals surface area contributed by atoms with Crippen LogP contribution in [0.15, 0.2) is 67.4 Å². The number of rotatable bonds is 6. The van der Waals surface area contributed by atoms with E-state index in [1.165, 1.54) is 5.56 Å². The fraction of sp³-hybridized carbons (Fsp3) is 0.130. The fourth-order valence-electron chi connectivity index (χ4n) is 3.31. The Morgan fingerprint density at radius 3 is 2.43 bits per heavy atom. The number of imidazole rings is 1. The molecule has 4 rings (SSSR count). The summed E-state index contributed by atoms with van der Waals surface area (Å²) in [5, 5.41) is 15.5. The van der Waals surface area contributed by atoms with Crippen molar-refractivity contribution < 1.29 is 0 Å². The Kier molecular flexibility index (Phi) is 5.39. The van der Waals surface area contributed by atoms with E-state index in [-0.39, 0.29) is 0 Å². The Labute approximate surface area is 175 Å². The van der Waals surface area contributed by atoms with Crippen LogP contribution in [0.1, 0.15) is 22.3 Å². The van der Waals surface area contributed by atoms with Crippen LogP contribution in [0.25, 0.3) is 0 Å². The van der Waals surface area contributed by atoms with Gasteiger partial charge in [0.25, 0.3) is 0 Å². The summed E-state index contributed by atoms with van der Waals surface area (Å²) in [6.07, 6.45) is 7.27. The van der Waals surface area contributed by atoms with E-state index >= 15 is 0 Å². The van der Waals surface area contributed by atoms with Gasteiger partial charge in [-0.1, -0.05) is 12.1 Å². The van der Waals surface area contributed by atoms with Gasteiger partial charge in [0, 0.05) is 36.5 Å². The first-order chi connectivity index (χ1) is 14.6. The fourth-order valence-corrected chi connectivity index (χ4v) is 3.31. The first-order valence-electron chi connectivity index (χ1n) is 9.54. The summed E-state index contributed by atoms with van der Waals surface area (Å²) in [5.74, 6) is 1.19. The minimum Gasteiger partial charge on any atom is -0.340 e. The first-order valence-corrected chi connectivity index (χ1v) is 9.54. The van der Waals surface area contributed by atoms with Gasteiger partial charge in [0.05, 0.1) is 18.0 Å². The summed E-state index contributed by atoms with van der Waals surface area (Å²) < 4.78 is 2.05. The summed E-state index contributed by atoms with van der Waals surface area (Å²) in [6, 6.07) is 15.5. The van der Waals surface area contributed by atoms with Crippen molar-refractivity contribution >= 4 is 23.1 Å². The van der Waals surface area contributed by atoms with Crippen LogP contribution >= 0.6 is 0 Å². The van der Waals surface area contributed by atoms with Crippen molar-refractivity contribution in [3.05, 3.63) is 89.6 Å². The monoisotopic (exact) mass is 395 g/mol. The van der Waals surface area contributed by atoms with Gasteiger partial charge in [-0.05, 0) is 60.9 Å². The number of aryl methyl sites for hydroxylation is 2. The molecular weight excluding hydrogens is 374 g/mol. The largest absolute Gasteiger partial charge is 0.340 e. The second kappa shape index (κ2) is 8.45. The van der Waals surface area contributed by atoms with Gasteiger partial charge in [0.15, 0.2) is 0 Å². The SMILES string of the molecule is Cc1cc(Cn2ccnc2)cc(C)c1Nc1ccnc(Nc2ccc(C#N)cc2)n1. The highest BCUT2D eigenvalue weighted by Crippen LogP contribution is 2.26. The number of hydrogen-bond acceptors (Lipinski definition) is 6. The lowest BCUT2D eigenvalue weighted by Crippen LogP contribution is -2.04. The van der Waals surface area contributed by atoms with Crippen LogP contribution in [0.3, 0.4) is 0 Å². The van der Waals surface area contributed by atoms with E-state index in [4.69, 9.17) is 5.26 Å². The van der Waals surface area contributed by atoms with Gasteiger partial charge in [-0.3, -0.25) is 0 Å². The molecule has 2 aromatic carbocycles. The number of anilines is 4. The van der Waals surface area contributed by atoms with Gasteiger partial charge < -0.3 is 15.2 Å². The van der Waals surface area contributed by atoms with E-state index in [1.54, 1.807) is 24.5 Å². The second-order valence-electron chi connectivity index (χ2n) is 7.04. The van der Waals surface area contributed by atoms with Gasteiger partial charge in [0.1, 0.15) is 5.82 Å². The molecule has 0 amide bonds. The molecule has 7 nitrogen and oxygen atoms in total. The predicted octanol–water partition coefficient (Wildman–Crippen LogP) is 4.70. The third-order valence-electron chi connectivity index (χ3n) is 4.70. The van der Waals surface area contributed by atoms with E-state index in [2.05, 4.69) is 57.6 Å². The molecule has 0 unspecified atom stereocenters. The van der Waals surface area contributed by atoms with E-state index in [0.29, 0.717) is 17.3 Å². The van der Waals surface area contributed by atoms with Crippen LogP contribution in [-0.2, 0) is 6.54 Å². The Morgan fingerprint density at radius 2 is 1.77 bits per heavy atom. The Bertz CT molecular complexity index is 1170. The maximum absolute atomic E-state index is 8.91. The zero-order valence-corrected chi connectivity index (χ0v) is 16.8. The molecule has 0 aliphatic carbocycles. The molecule has 0 aliphatic rings. The van der Waals surface area contributed by atoms with Crippen LogP contribution < -0.4 is 10.6 Å². The van der Waals surface area contributed by atoms with E-state index in [9.17, 15) is 0 Å². The molecule has 0 saturated carbocycles. The molecule has 7 heteroatoms. The van der Waals surface area contributed by atoms with Crippen LogP contribution in [0.5, 0.6) is 0 Å². The quantitative estimate of drug-likeness (QED) is 0.492. The average Bonchev–Trinajstić information content (AvgIpc) is 3.25. The summed E-state index contributed by atoms with van der Waals surface area (Å²) in [5.41, 5.74) is 5.98. The summed E-state index contributed by atoms with van der Waals surface area (Å²) in [7, 11) is 0. The number of benzene rings is 2. The highest BCUT2D eigenvalue weighted by atomic mass is 15.1. The topological polar surface area (TPSA) is 91.5 Å². The third kappa shape index (κ3) is 4.45. The van der Waals surface area contributed by atoms with Crippen LogP contribution in [0.2, 0.25) is 0 Å². The lowest BCUT2D eigenvalue weighted by Gasteiger charge is -2.15. The van der Waals surface area contributed by atoms with Crippen molar-refractivity contribution in [3.63, 3.8) is 0 Å². The van der Waals surface area contributed by atoms with Crippen molar-refractivity contribution in [1.82, 2.24) is 19.5 Å². The van der Waals surface area contributed by atoms with Crippen molar-refractivity contribution in [1.29, 1.82) is 5.26 Å². The van der Waals surface area contributed by atoms with Crippen molar-refractivity contribution in [2.45, 2.75) is 20.4 Å². The van der Waals surface area contributed by atoms with Crippen molar-refractivity contribution in [2.75, 3.05) is 10.6 Å². The molecule has 0 atom stereocenters. The maximum Gasteiger partial charge on any atom is 0.229 e. The molecule has 0 saturated heterocycles. The van der Waals surface area contributed by atoms with Crippen LogP contribution in [-0.4, -0.2) is 19.5 Å². The third-order valence-corrected chi connectivity index (χ3v) is 4.70. The van der Waals surface area contributed by atoms with Crippen LogP contribution in [0.4, 0.5) is 23.1 Å². The molecule has 0 fully saturated rings. The van der Waals surface area contributed by atoms with E-state index < -0.39 is 0 Å². The van der Waals surface area contributed by atoms with Crippen LogP contribution in [0, 0.1) is 25.2 Å². The Hall–Kier alpha value is -4.18. The summed E-state index contributed by atoms with van der Waals surface area (Å²) >= 11 is 0. The molecule has 0 spiro atoms. The molecule has 2 aromatic heterocycles. The zero-order valence-electron chi connectivity index (χ0n) is 16.8. The molecule has 0 aliphatic heterocycles. The number of hydrogen-bond donors (Lipinski definition) is 2. The number of nitrogens with zero attached hydrogens (tertiary/aromatic N) is 5. The number of aromatic nitrogens is 4. The summed E-state index contributed by atoms with van der Waals surface area (Å²) in [6.45, 7) is 4.96. The molecule has 0 radical (unpaired) electrons. The first kappa shape index (κ1) is 19.2. The minimum absolute atomic E-state index is 0.483. The van der Waals surface area contributed by atoms with E-state index in [1.807, 2.05) is 35.3 Å². The van der Waals surface area contributed by atoms with Gasteiger partial charge in [-0.15, -0.1) is 0 Å². The highest BCUT2D eigenvalue weighted by molar-refractivity contribution is 5.66. The molecule has 2 heterocycles. The minimum atomic E-state index is 0.483. The lowest BCUT2D eigenvalue weighted by atomic mass is 10.0. The standard InChI is InChI=1S/C23H21N7/c1-16-11-19(14-30-10-9-25-15-30)12-17(2)22(16)28-21-7-8-26-23(29-21)27-20-5-3-18(13-24)4-6-20/h3-12,15H,14H2,1-2H3,(H2,26,27,28,29). The average molecular weight is 395 g/mol. The van der Waals surface area contributed by atoms with Gasteiger partial charge in [-0.25, -0.2) is 9.97 Å². The zero-order chi connectivity index (χ0) is 20.9. The highest BCUT2D eigenvalue weighted by Gasteiger charge is 2.08. The molecule has 2 N–H and O–H groups in total. The number of nitrogens with one attached hydrogen (secondary N) is 2. The van der Waals surface area contributed by atoms with Gasteiger partial charge >= 0.3 is 0 Å². The van der Waals surface area contributed by atoms with Crippen molar-refractivity contribution in [3.8, 4) is 6.07 Å². The van der Waals surface area contributed by atoms with Crippen molar-refractivity contribution in [2.24, 2.45) is 0 Å². The normalized spacial score (nSPS) is 10.4.